The molecule has 0 amide bonds. The first kappa shape index (κ1) is 12.5. The molecule has 1 aliphatic carbocycles. The van der Waals surface area contributed by atoms with E-state index in [1.165, 1.54) is 0 Å². The van der Waals surface area contributed by atoms with Crippen LogP contribution in [-0.2, 0) is 10.0 Å². The molecule has 4 rings (SSSR count). The van der Waals surface area contributed by atoms with Gasteiger partial charge in [0.1, 0.15) is 0 Å². The average molecular weight is 294 g/mol. The van der Waals surface area contributed by atoms with Crippen LogP contribution in [0.2, 0.25) is 0 Å². The van der Waals surface area contributed by atoms with Gasteiger partial charge in [0.25, 0.3) is 0 Å². The Kier molecular flexibility index (Phi) is 2.75. The van der Waals surface area contributed by atoms with Gasteiger partial charge >= 0.3 is 0 Å². The lowest BCUT2D eigenvalue weighted by Crippen LogP contribution is -2.35. The summed E-state index contributed by atoms with van der Waals surface area (Å²) in [6.45, 7) is 3.08. The number of aromatic nitrogens is 2. The summed E-state index contributed by atoms with van der Waals surface area (Å²) in [5.41, 5.74) is 0. The number of rotatable bonds is 3. The fourth-order valence-corrected chi connectivity index (χ4v) is 5.30. The second kappa shape index (κ2) is 4.39. The van der Waals surface area contributed by atoms with E-state index in [2.05, 4.69) is 14.9 Å². The Balaban J connectivity index is 1.46. The van der Waals surface area contributed by atoms with Gasteiger partial charge in [-0.1, -0.05) is 0 Å². The number of hydrogen-bond donors (Lipinski definition) is 0. The SMILES string of the molecule is O=S(=O)(C1CC1)N1CC2CN(c3ncccn3)CC2C1. The summed E-state index contributed by atoms with van der Waals surface area (Å²) in [5, 5.41) is -0.0881. The molecule has 1 aromatic rings. The monoisotopic (exact) mass is 294 g/mol. The van der Waals surface area contributed by atoms with Crippen molar-refractivity contribution in [2.45, 2.75) is 18.1 Å². The van der Waals surface area contributed by atoms with E-state index in [0.29, 0.717) is 24.9 Å². The van der Waals surface area contributed by atoms with Crippen molar-refractivity contribution < 1.29 is 8.42 Å². The van der Waals surface area contributed by atoms with Crippen molar-refractivity contribution in [3.63, 3.8) is 0 Å². The first-order valence-electron chi connectivity index (χ1n) is 7.15. The maximum atomic E-state index is 12.3. The standard InChI is InChI=1S/C13H18N4O2S/c18-20(19,12-2-3-12)17-8-10-6-16(7-11(10)9-17)13-14-4-1-5-15-13/h1,4-5,10-12H,2-3,6-9H2. The van der Waals surface area contributed by atoms with Crippen LogP contribution in [0.3, 0.4) is 0 Å². The van der Waals surface area contributed by atoms with Crippen LogP contribution in [0, 0.1) is 11.8 Å². The van der Waals surface area contributed by atoms with Crippen LogP contribution in [-0.4, -0.2) is 54.1 Å². The van der Waals surface area contributed by atoms with Crippen molar-refractivity contribution in [2.24, 2.45) is 11.8 Å². The van der Waals surface area contributed by atoms with Gasteiger partial charge in [0.05, 0.1) is 5.25 Å². The van der Waals surface area contributed by atoms with E-state index in [9.17, 15) is 8.42 Å². The lowest BCUT2D eigenvalue weighted by Gasteiger charge is -2.21. The smallest absolute Gasteiger partial charge is 0.225 e. The van der Waals surface area contributed by atoms with Crippen molar-refractivity contribution >= 4 is 16.0 Å². The zero-order valence-corrected chi connectivity index (χ0v) is 12.0. The Morgan fingerprint density at radius 2 is 1.60 bits per heavy atom. The summed E-state index contributed by atoms with van der Waals surface area (Å²) in [6.07, 6.45) is 5.19. The molecule has 0 aromatic carbocycles. The van der Waals surface area contributed by atoms with Crippen molar-refractivity contribution in [1.82, 2.24) is 14.3 Å². The Morgan fingerprint density at radius 3 is 2.15 bits per heavy atom. The summed E-state index contributed by atoms with van der Waals surface area (Å²) in [4.78, 5) is 10.7. The first-order chi connectivity index (χ1) is 9.64. The van der Waals surface area contributed by atoms with Gasteiger partial charge in [0, 0.05) is 38.6 Å². The fourth-order valence-electron chi connectivity index (χ4n) is 3.35. The lowest BCUT2D eigenvalue weighted by molar-refractivity contribution is 0.451. The molecule has 2 unspecified atom stereocenters. The van der Waals surface area contributed by atoms with Gasteiger partial charge in [-0.2, -0.15) is 0 Å². The number of hydrogen-bond acceptors (Lipinski definition) is 5. The highest BCUT2D eigenvalue weighted by molar-refractivity contribution is 7.90. The van der Waals surface area contributed by atoms with Gasteiger partial charge in [0.15, 0.2) is 0 Å². The van der Waals surface area contributed by atoms with Gasteiger partial charge in [-0.15, -0.1) is 0 Å². The highest BCUT2D eigenvalue weighted by Gasteiger charge is 2.48. The van der Waals surface area contributed by atoms with Gasteiger partial charge < -0.3 is 4.90 Å². The minimum absolute atomic E-state index is 0.0881. The Morgan fingerprint density at radius 1 is 1.00 bits per heavy atom. The zero-order chi connectivity index (χ0) is 13.7. The molecule has 2 aliphatic heterocycles. The number of anilines is 1. The third-order valence-corrected chi connectivity index (χ3v) is 6.93. The third-order valence-electron chi connectivity index (χ3n) is 4.59. The number of nitrogens with zero attached hydrogens (tertiary/aromatic N) is 4. The molecule has 7 heteroatoms. The molecule has 3 heterocycles. The predicted molar refractivity (Wildman–Crippen MR) is 74.7 cm³/mol. The van der Waals surface area contributed by atoms with E-state index < -0.39 is 10.0 Å². The highest BCUT2D eigenvalue weighted by Crippen LogP contribution is 2.38. The Hall–Kier alpha value is -1.21. The molecule has 0 N–H and O–H groups in total. The van der Waals surface area contributed by atoms with Crippen LogP contribution in [0.15, 0.2) is 18.5 Å². The summed E-state index contributed by atoms with van der Waals surface area (Å²) in [6, 6.07) is 1.81. The largest absolute Gasteiger partial charge is 0.340 e. The van der Waals surface area contributed by atoms with Gasteiger partial charge in [-0.25, -0.2) is 22.7 Å². The summed E-state index contributed by atoms with van der Waals surface area (Å²) in [7, 11) is -3.01. The molecule has 2 saturated heterocycles. The summed E-state index contributed by atoms with van der Waals surface area (Å²) < 4.78 is 26.3. The summed E-state index contributed by atoms with van der Waals surface area (Å²) in [5.74, 6) is 1.61. The molecule has 1 saturated carbocycles. The maximum absolute atomic E-state index is 12.3. The van der Waals surface area contributed by atoms with Crippen LogP contribution >= 0.6 is 0 Å². The molecule has 0 radical (unpaired) electrons. The van der Waals surface area contributed by atoms with Crippen LogP contribution < -0.4 is 4.90 Å². The second-order valence-corrected chi connectivity index (χ2v) is 8.25. The number of fused-ring (bicyclic) bond motifs is 1. The van der Waals surface area contributed by atoms with Crippen LogP contribution in [0.1, 0.15) is 12.8 Å². The third kappa shape index (κ3) is 2.00. The second-order valence-electron chi connectivity index (χ2n) is 6.04. The molecule has 3 fully saturated rings. The van der Waals surface area contributed by atoms with Gasteiger partial charge in [-0.05, 0) is 30.7 Å². The van der Waals surface area contributed by atoms with E-state index >= 15 is 0 Å². The molecular formula is C13H18N4O2S. The number of sulfonamides is 1. The van der Waals surface area contributed by atoms with E-state index in [4.69, 9.17) is 0 Å². The molecule has 2 atom stereocenters. The van der Waals surface area contributed by atoms with Crippen LogP contribution in [0.5, 0.6) is 0 Å². The average Bonchev–Trinajstić information content (AvgIpc) is 3.11. The van der Waals surface area contributed by atoms with E-state index in [1.54, 1.807) is 16.7 Å². The van der Waals surface area contributed by atoms with Crippen molar-refractivity contribution in [2.75, 3.05) is 31.1 Å². The van der Waals surface area contributed by atoms with E-state index in [0.717, 1.165) is 31.9 Å². The molecule has 3 aliphatic rings. The first-order valence-corrected chi connectivity index (χ1v) is 8.66. The Bertz CT molecular complexity index is 588. The van der Waals surface area contributed by atoms with Crippen LogP contribution in [0.25, 0.3) is 0 Å². The van der Waals surface area contributed by atoms with Crippen LogP contribution in [0.4, 0.5) is 5.95 Å². The molecule has 20 heavy (non-hydrogen) atoms. The van der Waals surface area contributed by atoms with Gasteiger partial charge in [-0.3, -0.25) is 0 Å². The molecule has 0 spiro atoms. The zero-order valence-electron chi connectivity index (χ0n) is 11.2. The van der Waals surface area contributed by atoms with E-state index in [1.807, 2.05) is 6.07 Å². The van der Waals surface area contributed by atoms with Crippen molar-refractivity contribution in [3.05, 3.63) is 18.5 Å². The molecule has 1 aromatic heterocycles. The maximum Gasteiger partial charge on any atom is 0.225 e. The lowest BCUT2D eigenvalue weighted by atomic mass is 10.0. The molecule has 6 nitrogen and oxygen atoms in total. The minimum atomic E-state index is -3.01. The normalized spacial score (nSPS) is 30.7. The minimum Gasteiger partial charge on any atom is -0.340 e. The fraction of sp³-hybridized carbons (Fsp3) is 0.692. The molecular weight excluding hydrogens is 276 g/mol. The predicted octanol–water partition coefficient (Wildman–Crippen LogP) is 0.337. The van der Waals surface area contributed by atoms with Crippen molar-refractivity contribution in [3.8, 4) is 0 Å². The van der Waals surface area contributed by atoms with Crippen molar-refractivity contribution in [1.29, 1.82) is 0 Å². The summed E-state index contributed by atoms with van der Waals surface area (Å²) >= 11 is 0. The van der Waals surface area contributed by atoms with Gasteiger partial charge in [0.2, 0.25) is 16.0 Å². The quantitative estimate of drug-likeness (QED) is 0.804. The highest BCUT2D eigenvalue weighted by atomic mass is 32.2. The molecule has 0 bridgehead atoms. The van der Waals surface area contributed by atoms with E-state index in [-0.39, 0.29) is 5.25 Å². The molecule has 108 valence electrons. The Labute approximate surface area is 118 Å². The topological polar surface area (TPSA) is 66.4 Å².